The van der Waals surface area contributed by atoms with E-state index in [1.54, 1.807) is 6.07 Å². The molecule has 3 nitrogen and oxygen atoms in total. The van der Waals surface area contributed by atoms with Crippen LogP contribution >= 0.6 is 11.6 Å². The molecule has 0 saturated carbocycles. The summed E-state index contributed by atoms with van der Waals surface area (Å²) in [5, 5.41) is 1.65. The van der Waals surface area contributed by atoms with Gasteiger partial charge in [-0.25, -0.2) is 4.98 Å². The van der Waals surface area contributed by atoms with E-state index in [1.807, 2.05) is 18.3 Å². The molecule has 0 saturated heterocycles. The average Bonchev–Trinajstić information content (AvgIpc) is 2.57. The molecule has 74 valence electrons. The van der Waals surface area contributed by atoms with Crippen LogP contribution in [0.5, 0.6) is 0 Å². The second-order valence-electron chi connectivity index (χ2n) is 3.20. The Kier molecular flexibility index (Phi) is 2.70. The van der Waals surface area contributed by atoms with Gasteiger partial charge in [0, 0.05) is 18.1 Å². The molecular formula is C10H12ClN3. The van der Waals surface area contributed by atoms with Gasteiger partial charge in [0.1, 0.15) is 10.8 Å². The second kappa shape index (κ2) is 3.98. The highest BCUT2D eigenvalue weighted by Gasteiger charge is 2.02. The third kappa shape index (κ3) is 1.74. The Morgan fingerprint density at radius 3 is 3.00 bits per heavy atom. The first-order valence-corrected chi connectivity index (χ1v) is 5.00. The predicted molar refractivity (Wildman–Crippen MR) is 58.4 cm³/mol. The quantitative estimate of drug-likeness (QED) is 0.787. The lowest BCUT2D eigenvalue weighted by Crippen LogP contribution is -2.05. The minimum Gasteiger partial charge on any atom is -0.332 e. The summed E-state index contributed by atoms with van der Waals surface area (Å²) in [5.41, 5.74) is 6.40. The van der Waals surface area contributed by atoms with Crippen molar-refractivity contribution in [2.75, 3.05) is 6.54 Å². The Morgan fingerprint density at radius 2 is 2.21 bits per heavy atom. The summed E-state index contributed by atoms with van der Waals surface area (Å²) in [6.45, 7) is 1.59. The first-order chi connectivity index (χ1) is 6.81. The maximum atomic E-state index is 5.83. The number of hydrogen-bond acceptors (Lipinski definition) is 2. The highest BCUT2D eigenvalue weighted by atomic mass is 35.5. The fourth-order valence-corrected chi connectivity index (χ4v) is 1.62. The van der Waals surface area contributed by atoms with Gasteiger partial charge in [-0.15, -0.1) is 0 Å². The van der Waals surface area contributed by atoms with E-state index >= 15 is 0 Å². The van der Waals surface area contributed by atoms with E-state index < -0.39 is 0 Å². The summed E-state index contributed by atoms with van der Waals surface area (Å²) >= 11 is 5.83. The van der Waals surface area contributed by atoms with Crippen molar-refractivity contribution in [1.82, 2.24) is 9.55 Å². The molecule has 0 amide bonds. The SMILES string of the molecule is NCCCn1ccc2ccc(Cl)nc21. The van der Waals surface area contributed by atoms with Crippen molar-refractivity contribution in [2.24, 2.45) is 5.73 Å². The molecular weight excluding hydrogens is 198 g/mol. The van der Waals surface area contributed by atoms with Crippen molar-refractivity contribution in [1.29, 1.82) is 0 Å². The number of fused-ring (bicyclic) bond motifs is 1. The van der Waals surface area contributed by atoms with Crippen LogP contribution in [0.1, 0.15) is 6.42 Å². The first-order valence-electron chi connectivity index (χ1n) is 4.63. The Morgan fingerprint density at radius 1 is 1.36 bits per heavy atom. The minimum atomic E-state index is 0.533. The normalized spacial score (nSPS) is 11.0. The molecule has 0 radical (unpaired) electrons. The summed E-state index contributed by atoms with van der Waals surface area (Å²) in [6, 6.07) is 5.82. The maximum absolute atomic E-state index is 5.83. The number of halogens is 1. The van der Waals surface area contributed by atoms with Gasteiger partial charge in [-0.1, -0.05) is 11.6 Å². The molecule has 2 heterocycles. The van der Waals surface area contributed by atoms with Crippen LogP contribution in [0.2, 0.25) is 5.15 Å². The lowest BCUT2D eigenvalue weighted by Gasteiger charge is -2.02. The zero-order valence-corrected chi connectivity index (χ0v) is 8.54. The molecule has 14 heavy (non-hydrogen) atoms. The van der Waals surface area contributed by atoms with Gasteiger partial charge >= 0.3 is 0 Å². The Balaban J connectivity index is 2.40. The predicted octanol–water partition coefficient (Wildman–Crippen LogP) is 2.04. The number of pyridine rings is 1. The van der Waals surface area contributed by atoms with E-state index in [-0.39, 0.29) is 0 Å². The van der Waals surface area contributed by atoms with E-state index in [2.05, 4.69) is 9.55 Å². The lowest BCUT2D eigenvalue weighted by atomic mass is 10.3. The second-order valence-corrected chi connectivity index (χ2v) is 3.59. The van der Waals surface area contributed by atoms with Crippen molar-refractivity contribution < 1.29 is 0 Å². The topological polar surface area (TPSA) is 43.8 Å². The molecule has 0 aliphatic heterocycles. The minimum absolute atomic E-state index is 0.533. The monoisotopic (exact) mass is 209 g/mol. The van der Waals surface area contributed by atoms with Gasteiger partial charge in [-0.3, -0.25) is 0 Å². The summed E-state index contributed by atoms with van der Waals surface area (Å²) in [4.78, 5) is 4.28. The number of aromatic nitrogens is 2. The van der Waals surface area contributed by atoms with E-state index in [0.717, 1.165) is 24.0 Å². The average molecular weight is 210 g/mol. The third-order valence-electron chi connectivity index (χ3n) is 2.18. The van der Waals surface area contributed by atoms with Crippen LogP contribution in [0.25, 0.3) is 11.0 Å². The molecule has 0 spiro atoms. The summed E-state index contributed by atoms with van der Waals surface area (Å²) < 4.78 is 2.08. The van der Waals surface area contributed by atoms with E-state index in [1.165, 1.54) is 0 Å². The molecule has 0 unspecified atom stereocenters. The van der Waals surface area contributed by atoms with Crippen molar-refractivity contribution in [3.8, 4) is 0 Å². The van der Waals surface area contributed by atoms with Gasteiger partial charge in [0.25, 0.3) is 0 Å². The molecule has 0 bridgehead atoms. The third-order valence-corrected chi connectivity index (χ3v) is 2.39. The Hall–Kier alpha value is -1.06. The van der Waals surface area contributed by atoms with Crippen LogP contribution in [0.3, 0.4) is 0 Å². The highest BCUT2D eigenvalue weighted by molar-refractivity contribution is 6.29. The highest BCUT2D eigenvalue weighted by Crippen LogP contribution is 2.16. The van der Waals surface area contributed by atoms with E-state index in [4.69, 9.17) is 17.3 Å². The number of nitrogens with two attached hydrogens (primary N) is 1. The number of rotatable bonds is 3. The molecule has 0 aromatic carbocycles. The standard InChI is InChI=1S/C10H12ClN3/c11-9-3-2-8-4-7-14(6-1-5-12)10(8)13-9/h2-4,7H,1,5-6,12H2. The molecule has 4 heteroatoms. The Labute approximate surface area is 87.5 Å². The summed E-state index contributed by atoms with van der Waals surface area (Å²) in [5.74, 6) is 0. The van der Waals surface area contributed by atoms with Crippen molar-refractivity contribution in [3.05, 3.63) is 29.5 Å². The van der Waals surface area contributed by atoms with Crippen LogP contribution in [-0.4, -0.2) is 16.1 Å². The molecule has 0 atom stereocenters. The summed E-state index contributed by atoms with van der Waals surface area (Å²) in [6.07, 6.45) is 2.97. The first kappa shape index (κ1) is 9.49. The van der Waals surface area contributed by atoms with Gasteiger partial charge in [-0.05, 0) is 31.2 Å². The largest absolute Gasteiger partial charge is 0.332 e. The van der Waals surface area contributed by atoms with Crippen LogP contribution in [0.15, 0.2) is 24.4 Å². The fourth-order valence-electron chi connectivity index (χ4n) is 1.48. The molecule has 2 rings (SSSR count). The maximum Gasteiger partial charge on any atom is 0.141 e. The molecule has 0 fully saturated rings. The van der Waals surface area contributed by atoms with Gasteiger partial charge in [0.05, 0.1) is 0 Å². The zero-order valence-electron chi connectivity index (χ0n) is 7.78. The number of aryl methyl sites for hydroxylation is 1. The molecule has 2 aromatic rings. The Bertz CT molecular complexity index is 436. The molecule has 2 aromatic heterocycles. The smallest absolute Gasteiger partial charge is 0.141 e. The van der Waals surface area contributed by atoms with Gasteiger partial charge < -0.3 is 10.3 Å². The van der Waals surface area contributed by atoms with Gasteiger partial charge in [0.2, 0.25) is 0 Å². The van der Waals surface area contributed by atoms with Gasteiger partial charge in [-0.2, -0.15) is 0 Å². The molecule has 2 N–H and O–H groups in total. The lowest BCUT2D eigenvalue weighted by molar-refractivity contribution is 0.666. The van der Waals surface area contributed by atoms with Crippen molar-refractivity contribution >= 4 is 22.6 Å². The van der Waals surface area contributed by atoms with E-state index in [0.29, 0.717) is 11.7 Å². The van der Waals surface area contributed by atoms with Crippen LogP contribution in [0, 0.1) is 0 Å². The number of nitrogens with zero attached hydrogens (tertiary/aromatic N) is 2. The van der Waals surface area contributed by atoms with Gasteiger partial charge in [0.15, 0.2) is 0 Å². The van der Waals surface area contributed by atoms with Crippen LogP contribution < -0.4 is 5.73 Å². The van der Waals surface area contributed by atoms with Crippen molar-refractivity contribution in [3.63, 3.8) is 0 Å². The fraction of sp³-hybridized carbons (Fsp3) is 0.300. The summed E-state index contributed by atoms with van der Waals surface area (Å²) in [7, 11) is 0. The molecule has 0 aliphatic rings. The zero-order chi connectivity index (χ0) is 9.97. The van der Waals surface area contributed by atoms with E-state index in [9.17, 15) is 0 Å². The van der Waals surface area contributed by atoms with Crippen LogP contribution in [0.4, 0.5) is 0 Å². The van der Waals surface area contributed by atoms with Crippen molar-refractivity contribution in [2.45, 2.75) is 13.0 Å². The van der Waals surface area contributed by atoms with Crippen LogP contribution in [-0.2, 0) is 6.54 Å². The number of hydrogen-bond donors (Lipinski definition) is 1. The molecule has 0 aliphatic carbocycles.